The molecule has 2 heterocycles. The molecule has 0 saturated heterocycles. The summed E-state index contributed by atoms with van der Waals surface area (Å²) in [6, 6.07) is 8.38. The third-order valence-corrected chi connectivity index (χ3v) is 4.47. The monoisotopic (exact) mass is 400 g/mol. The molecule has 130 valence electrons. The molecule has 1 aromatic carbocycles. The molecule has 0 saturated carbocycles. The number of anilines is 1. The van der Waals surface area contributed by atoms with Crippen LogP contribution in [0.4, 0.5) is 5.95 Å². The van der Waals surface area contributed by atoms with Gasteiger partial charge in [0.1, 0.15) is 6.33 Å². The average molecular weight is 401 g/mol. The molecule has 0 amide bonds. The van der Waals surface area contributed by atoms with Crippen molar-refractivity contribution in [3.8, 4) is 0 Å². The van der Waals surface area contributed by atoms with Gasteiger partial charge >= 0.3 is 0 Å². The summed E-state index contributed by atoms with van der Waals surface area (Å²) in [6.07, 6.45) is 7.32. The quantitative estimate of drug-likeness (QED) is 0.609. The van der Waals surface area contributed by atoms with Crippen molar-refractivity contribution in [1.82, 2.24) is 24.7 Å². The Balaban J connectivity index is 1.76. The first kappa shape index (κ1) is 17.5. The predicted octanol–water partition coefficient (Wildman–Crippen LogP) is 3.18. The number of hydrogen-bond donors (Lipinski definition) is 0. The van der Waals surface area contributed by atoms with Gasteiger partial charge in [0.2, 0.25) is 5.95 Å². The van der Waals surface area contributed by atoms with Crippen LogP contribution in [0, 0.1) is 0 Å². The van der Waals surface area contributed by atoms with E-state index in [1.807, 2.05) is 19.4 Å². The van der Waals surface area contributed by atoms with Crippen molar-refractivity contribution in [3.63, 3.8) is 0 Å². The van der Waals surface area contributed by atoms with E-state index in [1.165, 1.54) is 5.56 Å². The van der Waals surface area contributed by atoms with Crippen LogP contribution in [0.3, 0.4) is 0 Å². The Morgan fingerprint density at radius 1 is 1.04 bits per heavy atom. The summed E-state index contributed by atoms with van der Waals surface area (Å²) in [5.41, 5.74) is 2.40. The number of nitrogens with zero attached hydrogens (tertiary/aromatic N) is 6. The van der Waals surface area contributed by atoms with E-state index in [0.29, 0.717) is 12.5 Å². The van der Waals surface area contributed by atoms with E-state index in [2.05, 4.69) is 72.1 Å². The van der Waals surface area contributed by atoms with E-state index in [9.17, 15) is 0 Å². The molecule has 2 aromatic heterocycles. The van der Waals surface area contributed by atoms with Crippen molar-refractivity contribution in [2.75, 3.05) is 11.4 Å². The van der Waals surface area contributed by atoms with Crippen molar-refractivity contribution >= 4 is 21.9 Å². The summed E-state index contributed by atoms with van der Waals surface area (Å²) in [4.78, 5) is 15.5. The van der Waals surface area contributed by atoms with Crippen LogP contribution in [-0.4, -0.2) is 31.3 Å². The molecule has 0 aliphatic rings. The van der Waals surface area contributed by atoms with Crippen LogP contribution in [0.15, 0.2) is 47.5 Å². The molecule has 0 unspecified atom stereocenters. The normalized spacial score (nSPS) is 10.8. The molecular formula is C18H21BrN6. The van der Waals surface area contributed by atoms with Crippen LogP contribution in [0.5, 0.6) is 0 Å². The first-order chi connectivity index (χ1) is 12.1. The summed E-state index contributed by atoms with van der Waals surface area (Å²) in [6.45, 7) is 3.48. The Kier molecular flexibility index (Phi) is 5.75. The van der Waals surface area contributed by atoms with Gasteiger partial charge in [-0.25, -0.2) is 15.0 Å². The number of hydrogen-bond acceptors (Lipinski definition) is 5. The first-order valence-electron chi connectivity index (χ1n) is 8.29. The molecule has 6 nitrogen and oxygen atoms in total. The lowest BCUT2D eigenvalue weighted by Gasteiger charge is -2.21. The third-order valence-electron chi connectivity index (χ3n) is 3.95. The van der Waals surface area contributed by atoms with Crippen LogP contribution in [-0.2, 0) is 26.4 Å². The highest BCUT2D eigenvalue weighted by atomic mass is 79.9. The summed E-state index contributed by atoms with van der Waals surface area (Å²) >= 11 is 3.47. The maximum atomic E-state index is 4.52. The molecule has 0 aliphatic carbocycles. The number of aryl methyl sites for hydroxylation is 2. The van der Waals surface area contributed by atoms with Gasteiger partial charge in [-0.05, 0) is 36.1 Å². The Hall–Kier alpha value is -2.28. The Labute approximate surface area is 156 Å². The zero-order valence-corrected chi connectivity index (χ0v) is 16.0. The minimum Gasteiger partial charge on any atom is -0.333 e. The van der Waals surface area contributed by atoms with E-state index in [4.69, 9.17) is 0 Å². The topological polar surface area (TPSA) is 59.7 Å². The largest absolute Gasteiger partial charge is 0.333 e. The summed E-state index contributed by atoms with van der Waals surface area (Å²) in [5, 5.41) is 4.38. The van der Waals surface area contributed by atoms with Gasteiger partial charge in [0, 0.05) is 30.5 Å². The van der Waals surface area contributed by atoms with Crippen molar-refractivity contribution in [2.45, 2.75) is 26.3 Å². The Morgan fingerprint density at radius 2 is 1.76 bits per heavy atom. The van der Waals surface area contributed by atoms with Gasteiger partial charge in [-0.2, -0.15) is 5.10 Å². The minimum atomic E-state index is 0.586. The Morgan fingerprint density at radius 3 is 2.36 bits per heavy atom. The van der Waals surface area contributed by atoms with Gasteiger partial charge in [0.15, 0.2) is 5.82 Å². The van der Waals surface area contributed by atoms with Crippen LogP contribution in [0.25, 0.3) is 0 Å². The minimum absolute atomic E-state index is 0.586. The van der Waals surface area contributed by atoms with Crippen molar-refractivity contribution in [2.24, 2.45) is 7.05 Å². The second-order valence-corrected chi connectivity index (χ2v) is 6.79. The number of halogens is 1. The standard InChI is InChI=1S/C18H21BrN6/c1-3-14-10-20-18(21-11-14)25(12-17-22-13-24(2)23-17)9-8-15-4-6-16(19)7-5-15/h4-7,10-11,13H,3,8-9,12H2,1-2H3. The highest BCUT2D eigenvalue weighted by molar-refractivity contribution is 9.10. The summed E-state index contributed by atoms with van der Waals surface area (Å²) < 4.78 is 2.80. The highest BCUT2D eigenvalue weighted by Gasteiger charge is 2.13. The molecule has 7 heteroatoms. The smallest absolute Gasteiger partial charge is 0.225 e. The van der Waals surface area contributed by atoms with E-state index >= 15 is 0 Å². The number of rotatable bonds is 7. The molecule has 0 radical (unpaired) electrons. The molecule has 0 aliphatic heterocycles. The van der Waals surface area contributed by atoms with E-state index in [1.54, 1.807) is 11.0 Å². The maximum absolute atomic E-state index is 4.52. The lowest BCUT2D eigenvalue weighted by molar-refractivity contribution is 0.695. The lowest BCUT2D eigenvalue weighted by atomic mass is 10.1. The highest BCUT2D eigenvalue weighted by Crippen LogP contribution is 2.14. The van der Waals surface area contributed by atoms with Crippen molar-refractivity contribution in [1.29, 1.82) is 0 Å². The molecule has 0 spiro atoms. The first-order valence-corrected chi connectivity index (χ1v) is 9.08. The van der Waals surface area contributed by atoms with Gasteiger partial charge < -0.3 is 4.90 Å². The summed E-state index contributed by atoms with van der Waals surface area (Å²) in [5.74, 6) is 1.48. The average Bonchev–Trinajstić information content (AvgIpc) is 3.05. The van der Waals surface area contributed by atoms with Crippen LogP contribution in [0.1, 0.15) is 23.9 Å². The van der Waals surface area contributed by atoms with Crippen molar-refractivity contribution < 1.29 is 0 Å². The van der Waals surface area contributed by atoms with Crippen LogP contribution >= 0.6 is 15.9 Å². The molecule has 3 aromatic rings. The second kappa shape index (κ2) is 8.20. The van der Waals surface area contributed by atoms with E-state index in [-0.39, 0.29) is 0 Å². The second-order valence-electron chi connectivity index (χ2n) is 5.88. The van der Waals surface area contributed by atoms with Gasteiger partial charge in [-0.3, -0.25) is 4.68 Å². The van der Waals surface area contributed by atoms with Gasteiger partial charge in [0.05, 0.1) is 6.54 Å². The maximum Gasteiger partial charge on any atom is 0.225 e. The predicted molar refractivity (Wildman–Crippen MR) is 101 cm³/mol. The fraction of sp³-hybridized carbons (Fsp3) is 0.333. The van der Waals surface area contributed by atoms with Crippen LogP contribution in [0.2, 0.25) is 0 Å². The summed E-state index contributed by atoms with van der Waals surface area (Å²) in [7, 11) is 1.87. The zero-order chi connectivity index (χ0) is 17.6. The van der Waals surface area contributed by atoms with Gasteiger partial charge in [-0.15, -0.1) is 0 Å². The molecule has 0 atom stereocenters. The lowest BCUT2D eigenvalue weighted by Crippen LogP contribution is -2.28. The molecule has 0 bridgehead atoms. The van der Waals surface area contributed by atoms with Gasteiger partial charge in [-0.1, -0.05) is 35.0 Å². The fourth-order valence-corrected chi connectivity index (χ4v) is 2.75. The molecule has 0 fully saturated rings. The number of benzene rings is 1. The molecular weight excluding hydrogens is 380 g/mol. The Bertz CT molecular complexity index is 797. The van der Waals surface area contributed by atoms with E-state index in [0.717, 1.165) is 35.2 Å². The zero-order valence-electron chi connectivity index (χ0n) is 14.4. The number of aromatic nitrogens is 5. The van der Waals surface area contributed by atoms with E-state index < -0.39 is 0 Å². The van der Waals surface area contributed by atoms with Gasteiger partial charge in [0.25, 0.3) is 0 Å². The van der Waals surface area contributed by atoms with Crippen molar-refractivity contribution in [3.05, 3.63) is 64.4 Å². The molecule has 3 rings (SSSR count). The third kappa shape index (κ3) is 4.85. The fourth-order valence-electron chi connectivity index (χ4n) is 2.49. The SMILES string of the molecule is CCc1cnc(N(CCc2ccc(Br)cc2)Cc2ncn(C)n2)nc1. The van der Waals surface area contributed by atoms with Crippen LogP contribution < -0.4 is 4.90 Å². The molecule has 0 N–H and O–H groups in total. The molecule has 25 heavy (non-hydrogen) atoms.